The Kier molecular flexibility index (Phi) is 7.69. The lowest BCUT2D eigenvalue weighted by Crippen LogP contribution is -2.33. The van der Waals surface area contributed by atoms with Gasteiger partial charge in [0.05, 0.1) is 38.3 Å². The van der Waals surface area contributed by atoms with Gasteiger partial charge in [-0.3, -0.25) is 4.68 Å². The van der Waals surface area contributed by atoms with Crippen LogP contribution in [0.3, 0.4) is 0 Å². The van der Waals surface area contributed by atoms with Crippen LogP contribution in [0.2, 0.25) is 0 Å². The Balaban J connectivity index is 1.94. The molecule has 9 nitrogen and oxygen atoms in total. The maximum atomic E-state index is 13.5. The number of rotatable bonds is 11. The standard InChI is InChI=1S/C21H27F2N5O4S/c1-5-27-17(8-10-24-27)13-26(11-9-16-6-7-18(31-3)19(12-16)32-4)33(29,30)20-14-28(21(22)23)25-15(20)2/h6-8,10,12,14,21H,5,9,11,13H2,1-4H3. The predicted octanol–water partition coefficient (Wildman–Crippen LogP) is 3.25. The molecule has 33 heavy (non-hydrogen) atoms. The summed E-state index contributed by atoms with van der Waals surface area (Å²) in [5.41, 5.74) is 1.53. The van der Waals surface area contributed by atoms with Gasteiger partial charge >= 0.3 is 6.55 Å². The fourth-order valence-electron chi connectivity index (χ4n) is 3.49. The Morgan fingerprint density at radius 2 is 1.88 bits per heavy atom. The highest BCUT2D eigenvalue weighted by Gasteiger charge is 2.30. The molecule has 0 aliphatic carbocycles. The lowest BCUT2D eigenvalue weighted by molar-refractivity contribution is 0.0561. The minimum atomic E-state index is -4.12. The molecule has 3 rings (SSSR count). The van der Waals surface area contributed by atoms with Gasteiger partial charge in [-0.25, -0.2) is 13.1 Å². The molecular weight excluding hydrogens is 456 g/mol. The summed E-state index contributed by atoms with van der Waals surface area (Å²) in [5.74, 6) is 1.09. The molecule has 0 saturated heterocycles. The van der Waals surface area contributed by atoms with E-state index in [0.29, 0.717) is 34.8 Å². The molecule has 0 saturated carbocycles. The number of aryl methyl sites for hydroxylation is 2. The van der Waals surface area contributed by atoms with Crippen molar-refractivity contribution in [3.8, 4) is 11.5 Å². The highest BCUT2D eigenvalue weighted by Crippen LogP contribution is 2.29. The number of aromatic nitrogens is 4. The first-order valence-electron chi connectivity index (χ1n) is 10.3. The first kappa shape index (κ1) is 24.6. The summed E-state index contributed by atoms with van der Waals surface area (Å²) in [4.78, 5) is -0.252. The Morgan fingerprint density at radius 3 is 2.48 bits per heavy atom. The van der Waals surface area contributed by atoms with Gasteiger partial charge in [0, 0.05) is 19.3 Å². The molecule has 0 fully saturated rings. The highest BCUT2D eigenvalue weighted by atomic mass is 32.2. The zero-order valence-corrected chi connectivity index (χ0v) is 19.7. The van der Waals surface area contributed by atoms with Gasteiger partial charge in [-0.1, -0.05) is 6.07 Å². The van der Waals surface area contributed by atoms with Crippen LogP contribution in [0.1, 0.15) is 30.4 Å². The number of ether oxygens (including phenoxy) is 2. The summed E-state index contributed by atoms with van der Waals surface area (Å²) < 4.78 is 67.1. The molecule has 0 amide bonds. The molecular formula is C21H27F2N5O4S. The van der Waals surface area contributed by atoms with E-state index in [4.69, 9.17) is 9.47 Å². The van der Waals surface area contributed by atoms with Crippen molar-refractivity contribution in [2.75, 3.05) is 20.8 Å². The van der Waals surface area contributed by atoms with Gasteiger partial charge in [0.15, 0.2) is 11.5 Å². The lowest BCUT2D eigenvalue weighted by Gasteiger charge is -2.22. The molecule has 2 aromatic heterocycles. The van der Waals surface area contributed by atoms with E-state index in [0.717, 1.165) is 11.8 Å². The van der Waals surface area contributed by atoms with E-state index in [1.807, 2.05) is 13.0 Å². The third-order valence-corrected chi connectivity index (χ3v) is 7.18. The first-order chi connectivity index (χ1) is 15.7. The Labute approximate surface area is 191 Å². The number of nitrogens with zero attached hydrogens (tertiary/aromatic N) is 5. The van der Waals surface area contributed by atoms with Crippen LogP contribution in [0.4, 0.5) is 8.78 Å². The van der Waals surface area contributed by atoms with E-state index < -0.39 is 16.6 Å². The molecule has 12 heteroatoms. The van der Waals surface area contributed by atoms with Gasteiger partial charge in [-0.2, -0.15) is 23.3 Å². The number of alkyl halides is 2. The van der Waals surface area contributed by atoms with Crippen molar-refractivity contribution in [2.45, 2.75) is 44.8 Å². The normalized spacial score (nSPS) is 12.0. The topological polar surface area (TPSA) is 91.5 Å². The van der Waals surface area contributed by atoms with Gasteiger partial charge in [0.1, 0.15) is 4.90 Å². The van der Waals surface area contributed by atoms with E-state index in [1.54, 1.807) is 29.1 Å². The highest BCUT2D eigenvalue weighted by molar-refractivity contribution is 7.89. The van der Waals surface area contributed by atoms with Crippen LogP contribution in [0, 0.1) is 6.92 Å². The fraction of sp³-hybridized carbons (Fsp3) is 0.429. The molecule has 180 valence electrons. The third-order valence-electron chi connectivity index (χ3n) is 5.23. The molecule has 0 unspecified atom stereocenters. The monoisotopic (exact) mass is 483 g/mol. The number of hydrogen-bond donors (Lipinski definition) is 0. The Bertz CT molecular complexity index is 1190. The van der Waals surface area contributed by atoms with E-state index in [-0.39, 0.29) is 23.7 Å². The van der Waals surface area contributed by atoms with Crippen molar-refractivity contribution in [1.29, 1.82) is 0 Å². The van der Waals surface area contributed by atoms with Crippen LogP contribution in [-0.2, 0) is 29.5 Å². The summed E-state index contributed by atoms with van der Waals surface area (Å²) in [6.45, 7) is 1.06. The smallest absolute Gasteiger partial charge is 0.333 e. The van der Waals surface area contributed by atoms with E-state index in [9.17, 15) is 17.2 Å². The van der Waals surface area contributed by atoms with Crippen molar-refractivity contribution in [3.63, 3.8) is 0 Å². The number of hydrogen-bond acceptors (Lipinski definition) is 6. The number of halogens is 2. The molecule has 0 aliphatic heterocycles. The van der Waals surface area contributed by atoms with E-state index >= 15 is 0 Å². The maximum absolute atomic E-state index is 13.5. The largest absolute Gasteiger partial charge is 0.493 e. The summed E-state index contributed by atoms with van der Waals surface area (Å²) in [6, 6.07) is 7.08. The minimum Gasteiger partial charge on any atom is -0.493 e. The van der Waals surface area contributed by atoms with Crippen molar-refractivity contribution < 1.29 is 26.7 Å². The SMILES string of the molecule is CCn1nccc1CN(CCc1ccc(OC)c(OC)c1)S(=O)(=O)c1cn(C(F)F)nc1C. The molecule has 0 N–H and O–H groups in total. The average molecular weight is 484 g/mol. The number of methoxy groups -OCH3 is 2. The zero-order chi connectivity index (χ0) is 24.2. The van der Waals surface area contributed by atoms with Crippen molar-refractivity contribution in [2.24, 2.45) is 0 Å². The van der Waals surface area contributed by atoms with Crippen molar-refractivity contribution in [3.05, 3.63) is 53.6 Å². The Morgan fingerprint density at radius 1 is 1.15 bits per heavy atom. The van der Waals surface area contributed by atoms with Crippen LogP contribution in [-0.4, -0.2) is 53.0 Å². The second-order valence-corrected chi connectivity index (χ2v) is 9.16. The fourth-order valence-corrected chi connectivity index (χ4v) is 5.06. The van der Waals surface area contributed by atoms with Gasteiger partial charge < -0.3 is 9.47 Å². The summed E-state index contributed by atoms with van der Waals surface area (Å²) in [5, 5.41) is 7.86. The number of sulfonamides is 1. The predicted molar refractivity (Wildman–Crippen MR) is 117 cm³/mol. The van der Waals surface area contributed by atoms with Gasteiger partial charge in [-0.15, -0.1) is 0 Å². The summed E-state index contributed by atoms with van der Waals surface area (Å²) in [7, 11) is -1.07. The van der Waals surface area contributed by atoms with Crippen LogP contribution >= 0.6 is 0 Å². The van der Waals surface area contributed by atoms with Gasteiger partial charge in [-0.05, 0) is 44.0 Å². The minimum absolute atomic E-state index is 0.00964. The second-order valence-electron chi connectivity index (χ2n) is 7.25. The molecule has 0 spiro atoms. The van der Waals surface area contributed by atoms with Crippen molar-refractivity contribution >= 4 is 10.0 Å². The average Bonchev–Trinajstić information content (AvgIpc) is 3.42. The molecule has 0 radical (unpaired) electrons. The molecule has 0 bridgehead atoms. The van der Waals surface area contributed by atoms with Gasteiger partial charge in [0.2, 0.25) is 10.0 Å². The maximum Gasteiger partial charge on any atom is 0.333 e. The van der Waals surface area contributed by atoms with Crippen LogP contribution in [0.5, 0.6) is 11.5 Å². The molecule has 2 heterocycles. The van der Waals surface area contributed by atoms with Crippen molar-refractivity contribution in [1.82, 2.24) is 23.9 Å². The summed E-state index contributed by atoms with van der Waals surface area (Å²) in [6.07, 6.45) is 2.83. The molecule has 0 atom stereocenters. The quantitative estimate of drug-likeness (QED) is 0.416. The van der Waals surface area contributed by atoms with E-state index in [2.05, 4.69) is 10.2 Å². The van der Waals surface area contributed by atoms with Crippen LogP contribution in [0.25, 0.3) is 0 Å². The van der Waals surface area contributed by atoms with Gasteiger partial charge in [0.25, 0.3) is 0 Å². The lowest BCUT2D eigenvalue weighted by atomic mass is 10.1. The van der Waals surface area contributed by atoms with Crippen LogP contribution < -0.4 is 9.47 Å². The summed E-state index contributed by atoms with van der Waals surface area (Å²) >= 11 is 0. The zero-order valence-electron chi connectivity index (χ0n) is 18.9. The Hall–Kier alpha value is -2.99. The molecule has 0 aliphatic rings. The van der Waals surface area contributed by atoms with Crippen LogP contribution in [0.15, 0.2) is 41.6 Å². The number of benzene rings is 1. The third kappa shape index (κ3) is 5.33. The second kappa shape index (κ2) is 10.3. The molecule has 3 aromatic rings. The first-order valence-corrected chi connectivity index (χ1v) is 11.7. The molecule has 1 aromatic carbocycles. The van der Waals surface area contributed by atoms with E-state index in [1.165, 1.54) is 25.4 Å².